The third-order valence-corrected chi connectivity index (χ3v) is 6.42. The third-order valence-electron chi connectivity index (χ3n) is 6.42. The minimum atomic E-state index is -0.0664. The van der Waals surface area contributed by atoms with Gasteiger partial charge in [0.1, 0.15) is 23.0 Å². The first-order valence-corrected chi connectivity index (χ1v) is 11.6. The molecule has 176 valence electrons. The number of nitrogens with zero attached hydrogens (tertiary/aromatic N) is 4. The Balaban J connectivity index is 1.47. The highest BCUT2D eigenvalue weighted by Gasteiger charge is 2.32. The maximum Gasteiger partial charge on any atom is 0.254 e. The number of nitriles is 1. The van der Waals surface area contributed by atoms with Gasteiger partial charge < -0.3 is 19.3 Å². The van der Waals surface area contributed by atoms with Gasteiger partial charge in [-0.25, -0.2) is 4.99 Å². The van der Waals surface area contributed by atoms with Gasteiger partial charge in [0, 0.05) is 31.2 Å². The van der Waals surface area contributed by atoms with E-state index in [1.54, 1.807) is 31.4 Å². The maximum atomic E-state index is 13.2. The van der Waals surface area contributed by atoms with E-state index in [4.69, 9.17) is 14.5 Å². The van der Waals surface area contributed by atoms with Crippen LogP contribution >= 0.6 is 0 Å². The lowest BCUT2D eigenvalue weighted by molar-refractivity contribution is 0.0581. The number of piperazine rings is 1. The average molecular weight is 467 g/mol. The van der Waals surface area contributed by atoms with Crippen LogP contribution in [0, 0.1) is 18.3 Å². The van der Waals surface area contributed by atoms with Gasteiger partial charge in [0.25, 0.3) is 5.91 Å². The molecule has 2 heterocycles. The monoisotopic (exact) mass is 466 g/mol. The van der Waals surface area contributed by atoms with Crippen molar-refractivity contribution in [2.45, 2.75) is 19.9 Å². The minimum Gasteiger partial charge on any atom is -0.497 e. The Kier molecular flexibility index (Phi) is 5.87. The van der Waals surface area contributed by atoms with Crippen molar-refractivity contribution < 1.29 is 14.3 Å². The molecule has 7 nitrogen and oxygen atoms in total. The molecule has 0 unspecified atom stereocenters. The van der Waals surface area contributed by atoms with E-state index in [0.29, 0.717) is 42.3 Å². The number of amidine groups is 1. The van der Waals surface area contributed by atoms with E-state index in [1.807, 2.05) is 55.1 Å². The number of carbonyl (C=O) groups is 1. The Bertz CT molecular complexity index is 1370. The number of methoxy groups -OCH3 is 1. The summed E-state index contributed by atoms with van der Waals surface area (Å²) in [6.07, 6.45) is 0. The second kappa shape index (κ2) is 9.15. The number of aliphatic imine (C=N–C) groups is 1. The fraction of sp³-hybridized carbons (Fsp3) is 0.250. The van der Waals surface area contributed by atoms with Crippen LogP contribution in [0.25, 0.3) is 0 Å². The molecule has 1 saturated heterocycles. The largest absolute Gasteiger partial charge is 0.497 e. The van der Waals surface area contributed by atoms with Gasteiger partial charge in [-0.2, -0.15) is 5.26 Å². The molecule has 1 fully saturated rings. The van der Waals surface area contributed by atoms with Crippen molar-refractivity contribution in [3.8, 4) is 23.3 Å². The van der Waals surface area contributed by atoms with E-state index in [-0.39, 0.29) is 11.9 Å². The number of benzene rings is 3. The van der Waals surface area contributed by atoms with Gasteiger partial charge in [-0.15, -0.1) is 0 Å². The summed E-state index contributed by atoms with van der Waals surface area (Å²) >= 11 is 0. The van der Waals surface area contributed by atoms with Gasteiger partial charge in [0.05, 0.1) is 24.3 Å². The van der Waals surface area contributed by atoms with Crippen LogP contribution in [0.2, 0.25) is 0 Å². The van der Waals surface area contributed by atoms with E-state index < -0.39 is 0 Å². The molecule has 2 aliphatic rings. The zero-order chi connectivity index (χ0) is 24.5. The zero-order valence-electron chi connectivity index (χ0n) is 20.0. The molecule has 35 heavy (non-hydrogen) atoms. The Hall–Kier alpha value is -4.31. The standard InChI is InChI=1S/C28H26N4O3/c1-18-7-9-24-26(13-18)35-25-10-8-22(34-3)15-23(25)27(30-24)31-11-12-32(19(2)17-31)28(33)21-6-4-5-20(14-21)16-29/h4-10,13-15,19H,11-12,17H2,1-3H3/t19-/m0/s1. The summed E-state index contributed by atoms with van der Waals surface area (Å²) in [7, 11) is 1.64. The molecule has 7 heteroatoms. The summed E-state index contributed by atoms with van der Waals surface area (Å²) in [4.78, 5) is 22.3. The fourth-order valence-corrected chi connectivity index (χ4v) is 4.57. The summed E-state index contributed by atoms with van der Waals surface area (Å²) in [6, 6.07) is 20.6. The Labute approximate surface area is 204 Å². The van der Waals surface area contributed by atoms with Crippen LogP contribution in [0.1, 0.15) is 34.0 Å². The van der Waals surface area contributed by atoms with Gasteiger partial charge in [-0.3, -0.25) is 4.79 Å². The molecule has 0 spiro atoms. The summed E-state index contributed by atoms with van der Waals surface area (Å²) in [6.45, 7) is 5.83. The first-order valence-electron chi connectivity index (χ1n) is 11.6. The highest BCUT2D eigenvalue weighted by molar-refractivity contribution is 6.04. The Morgan fingerprint density at radius 1 is 1.11 bits per heavy atom. The van der Waals surface area contributed by atoms with Crippen LogP contribution in [0.5, 0.6) is 17.2 Å². The van der Waals surface area contributed by atoms with Crippen LogP contribution in [-0.2, 0) is 0 Å². The number of carbonyl (C=O) groups excluding carboxylic acids is 1. The number of amides is 1. The van der Waals surface area contributed by atoms with E-state index in [2.05, 4.69) is 11.0 Å². The predicted molar refractivity (Wildman–Crippen MR) is 134 cm³/mol. The zero-order valence-corrected chi connectivity index (χ0v) is 20.0. The SMILES string of the molecule is COc1ccc2c(c1)C(N1CCN(C(=O)c3cccc(C#N)c3)[C@@H](C)C1)=Nc1ccc(C)cc1O2. The molecular weight excluding hydrogens is 440 g/mol. The lowest BCUT2D eigenvalue weighted by atomic mass is 10.1. The number of hydrogen-bond donors (Lipinski definition) is 0. The summed E-state index contributed by atoms with van der Waals surface area (Å²) in [5, 5.41) is 9.20. The number of ether oxygens (including phenoxy) is 2. The lowest BCUT2D eigenvalue weighted by Crippen LogP contribution is -2.55. The summed E-state index contributed by atoms with van der Waals surface area (Å²) in [5.41, 5.74) is 3.73. The molecule has 0 aromatic heterocycles. The average Bonchev–Trinajstić information content (AvgIpc) is 3.04. The Morgan fingerprint density at radius 3 is 2.74 bits per heavy atom. The van der Waals surface area contributed by atoms with E-state index in [1.165, 1.54) is 0 Å². The minimum absolute atomic E-state index is 0.0552. The molecule has 0 bridgehead atoms. The van der Waals surface area contributed by atoms with Gasteiger partial charge in [-0.1, -0.05) is 12.1 Å². The van der Waals surface area contributed by atoms with Crippen LogP contribution < -0.4 is 9.47 Å². The van der Waals surface area contributed by atoms with Gasteiger partial charge in [0.15, 0.2) is 5.75 Å². The Morgan fingerprint density at radius 2 is 1.97 bits per heavy atom. The van der Waals surface area contributed by atoms with Gasteiger partial charge >= 0.3 is 0 Å². The van der Waals surface area contributed by atoms with E-state index in [0.717, 1.165) is 28.4 Å². The van der Waals surface area contributed by atoms with Gasteiger partial charge in [-0.05, 0) is 67.9 Å². The van der Waals surface area contributed by atoms with Crippen molar-refractivity contribution >= 4 is 17.4 Å². The molecule has 2 aliphatic heterocycles. The van der Waals surface area contributed by atoms with E-state index in [9.17, 15) is 10.1 Å². The number of rotatable bonds is 2. The smallest absolute Gasteiger partial charge is 0.254 e. The van der Waals surface area contributed by atoms with Crippen molar-refractivity contribution in [2.75, 3.05) is 26.7 Å². The maximum absolute atomic E-state index is 13.2. The summed E-state index contributed by atoms with van der Waals surface area (Å²) < 4.78 is 11.8. The molecular formula is C28H26N4O3. The fourth-order valence-electron chi connectivity index (χ4n) is 4.57. The first kappa shape index (κ1) is 22.5. The predicted octanol–water partition coefficient (Wildman–Crippen LogP) is 4.91. The number of hydrogen-bond acceptors (Lipinski definition) is 6. The van der Waals surface area contributed by atoms with Crippen molar-refractivity contribution in [1.29, 1.82) is 5.26 Å². The molecule has 0 N–H and O–H groups in total. The lowest BCUT2D eigenvalue weighted by Gasteiger charge is -2.41. The third kappa shape index (κ3) is 4.31. The molecule has 3 aromatic carbocycles. The second-order valence-electron chi connectivity index (χ2n) is 8.86. The normalized spacial score (nSPS) is 16.7. The second-order valence-corrected chi connectivity index (χ2v) is 8.86. The van der Waals surface area contributed by atoms with Crippen LogP contribution in [0.3, 0.4) is 0 Å². The molecule has 1 amide bonds. The highest BCUT2D eigenvalue weighted by Crippen LogP contribution is 2.40. The molecule has 1 atom stereocenters. The topological polar surface area (TPSA) is 78.2 Å². The summed E-state index contributed by atoms with van der Waals surface area (Å²) in [5.74, 6) is 2.88. The molecule has 3 aromatic rings. The quantitative estimate of drug-likeness (QED) is 0.537. The van der Waals surface area contributed by atoms with E-state index >= 15 is 0 Å². The van der Waals surface area contributed by atoms with Crippen molar-refractivity contribution in [3.63, 3.8) is 0 Å². The van der Waals surface area contributed by atoms with Crippen LogP contribution in [-0.4, -0.2) is 54.3 Å². The van der Waals surface area contributed by atoms with Crippen molar-refractivity contribution in [2.24, 2.45) is 4.99 Å². The van der Waals surface area contributed by atoms with Crippen molar-refractivity contribution in [1.82, 2.24) is 9.80 Å². The van der Waals surface area contributed by atoms with Gasteiger partial charge in [0.2, 0.25) is 0 Å². The molecule has 5 rings (SSSR count). The molecule has 0 saturated carbocycles. The van der Waals surface area contributed by atoms with Crippen LogP contribution in [0.15, 0.2) is 65.7 Å². The number of fused-ring (bicyclic) bond motifs is 2. The molecule has 0 radical (unpaired) electrons. The highest BCUT2D eigenvalue weighted by atomic mass is 16.5. The number of aryl methyl sites for hydroxylation is 1. The first-order chi connectivity index (χ1) is 17.0. The van der Waals surface area contributed by atoms with Crippen LogP contribution in [0.4, 0.5) is 5.69 Å². The molecule has 0 aliphatic carbocycles. The van der Waals surface area contributed by atoms with Crippen molar-refractivity contribution in [3.05, 3.63) is 82.9 Å².